The number of anilines is 1. The van der Waals surface area contributed by atoms with Gasteiger partial charge in [-0.25, -0.2) is 0 Å². The Morgan fingerprint density at radius 2 is 2.29 bits per heavy atom. The molecule has 1 amide bonds. The summed E-state index contributed by atoms with van der Waals surface area (Å²) in [6.07, 6.45) is 2.03. The normalized spacial score (nSPS) is 12.1. The maximum Gasteiger partial charge on any atom is 0.255 e. The van der Waals surface area contributed by atoms with Crippen LogP contribution < -0.4 is 11.1 Å². The molecule has 1 atom stereocenters. The molecule has 0 saturated heterocycles. The Kier molecular flexibility index (Phi) is 5.15. The number of amides is 1. The number of aromatic hydroxyl groups is 1. The quantitative estimate of drug-likeness (QED) is 0.552. The Hall–Kier alpha value is -1.36. The van der Waals surface area contributed by atoms with E-state index in [1.165, 1.54) is 0 Å². The number of carbonyl (C=O) groups excluding carboxylic acids is 1. The molecule has 0 radical (unpaired) electrons. The number of nitrogens with two attached hydrogens (primary N) is 1. The maximum absolute atomic E-state index is 11.8. The molecule has 1 aromatic rings. The van der Waals surface area contributed by atoms with E-state index in [0.717, 1.165) is 5.75 Å². The third-order valence-electron chi connectivity index (χ3n) is 2.37. The lowest BCUT2D eigenvalue weighted by molar-refractivity contribution is 0.0946. The second-order valence-corrected chi connectivity index (χ2v) is 4.92. The Bertz CT molecular complexity index is 396. The van der Waals surface area contributed by atoms with Crippen molar-refractivity contribution in [3.05, 3.63) is 23.8 Å². The zero-order chi connectivity index (χ0) is 12.8. The third kappa shape index (κ3) is 3.85. The molecule has 17 heavy (non-hydrogen) atoms. The summed E-state index contributed by atoms with van der Waals surface area (Å²) in [6.45, 7) is 2.66. The van der Waals surface area contributed by atoms with Crippen LogP contribution in [0.1, 0.15) is 17.3 Å². The van der Waals surface area contributed by atoms with E-state index < -0.39 is 0 Å². The van der Waals surface area contributed by atoms with Gasteiger partial charge in [0, 0.05) is 6.54 Å². The fourth-order valence-electron chi connectivity index (χ4n) is 1.45. The molecular weight excluding hydrogens is 236 g/mol. The summed E-state index contributed by atoms with van der Waals surface area (Å²) >= 11 is 1.74. The Balaban J connectivity index is 2.61. The van der Waals surface area contributed by atoms with Crippen LogP contribution in [0.4, 0.5) is 5.69 Å². The molecule has 0 aliphatic rings. The molecule has 1 unspecified atom stereocenters. The number of hydrogen-bond acceptors (Lipinski definition) is 4. The van der Waals surface area contributed by atoms with Gasteiger partial charge in [-0.2, -0.15) is 11.8 Å². The molecule has 4 N–H and O–H groups in total. The van der Waals surface area contributed by atoms with Gasteiger partial charge in [0.05, 0.1) is 11.3 Å². The summed E-state index contributed by atoms with van der Waals surface area (Å²) in [5.41, 5.74) is 5.97. The van der Waals surface area contributed by atoms with Crippen LogP contribution in [0.3, 0.4) is 0 Å². The minimum atomic E-state index is -0.289. The van der Waals surface area contributed by atoms with Crippen molar-refractivity contribution in [2.45, 2.75) is 6.92 Å². The highest BCUT2D eigenvalue weighted by Gasteiger charge is 2.13. The van der Waals surface area contributed by atoms with Gasteiger partial charge in [-0.1, -0.05) is 13.0 Å². The Labute approximate surface area is 106 Å². The second kappa shape index (κ2) is 6.39. The number of phenolic OH excluding ortho intramolecular Hbond substituents is 1. The maximum atomic E-state index is 11.8. The van der Waals surface area contributed by atoms with Crippen molar-refractivity contribution in [3.63, 3.8) is 0 Å². The Morgan fingerprint density at radius 1 is 1.59 bits per heavy atom. The molecule has 0 bridgehead atoms. The number of rotatable bonds is 5. The molecule has 4 nitrogen and oxygen atoms in total. The third-order valence-corrected chi connectivity index (χ3v) is 3.28. The average molecular weight is 254 g/mol. The van der Waals surface area contributed by atoms with E-state index in [1.807, 2.05) is 6.26 Å². The lowest BCUT2D eigenvalue weighted by Gasteiger charge is -2.12. The number of thioether (sulfide) groups is 1. The smallest absolute Gasteiger partial charge is 0.255 e. The van der Waals surface area contributed by atoms with Crippen LogP contribution in [0.15, 0.2) is 18.2 Å². The number of nitrogens with one attached hydrogen (secondary N) is 1. The molecule has 0 aromatic heterocycles. The van der Waals surface area contributed by atoms with Crippen LogP contribution in [-0.4, -0.2) is 29.6 Å². The van der Waals surface area contributed by atoms with Crippen molar-refractivity contribution in [1.29, 1.82) is 0 Å². The minimum absolute atomic E-state index is 0.150. The first-order chi connectivity index (χ1) is 8.06. The van der Waals surface area contributed by atoms with Gasteiger partial charge >= 0.3 is 0 Å². The molecule has 1 rings (SSSR count). The number of benzene rings is 1. The van der Waals surface area contributed by atoms with Crippen molar-refractivity contribution in [2.24, 2.45) is 5.92 Å². The van der Waals surface area contributed by atoms with Crippen molar-refractivity contribution >= 4 is 23.4 Å². The Morgan fingerprint density at radius 3 is 2.94 bits per heavy atom. The molecule has 0 aliphatic heterocycles. The minimum Gasteiger partial charge on any atom is -0.505 e. The van der Waals surface area contributed by atoms with E-state index in [0.29, 0.717) is 12.5 Å². The fourth-order valence-corrected chi connectivity index (χ4v) is 2.14. The summed E-state index contributed by atoms with van der Waals surface area (Å²) in [4.78, 5) is 11.8. The van der Waals surface area contributed by atoms with E-state index in [1.54, 1.807) is 30.0 Å². The van der Waals surface area contributed by atoms with Crippen molar-refractivity contribution in [1.82, 2.24) is 5.32 Å². The summed E-state index contributed by atoms with van der Waals surface area (Å²) in [5.74, 6) is 0.950. The number of phenols is 1. The van der Waals surface area contributed by atoms with Crippen LogP contribution in [0.2, 0.25) is 0 Å². The topological polar surface area (TPSA) is 75.4 Å². The molecule has 0 spiro atoms. The molecule has 94 valence electrons. The molecule has 0 saturated carbocycles. The second-order valence-electron chi connectivity index (χ2n) is 4.01. The van der Waals surface area contributed by atoms with Crippen LogP contribution >= 0.6 is 11.8 Å². The van der Waals surface area contributed by atoms with E-state index in [4.69, 9.17) is 5.73 Å². The lowest BCUT2D eigenvalue weighted by atomic mass is 10.1. The van der Waals surface area contributed by atoms with Gasteiger partial charge < -0.3 is 16.2 Å². The molecule has 0 aliphatic carbocycles. The summed E-state index contributed by atoms with van der Waals surface area (Å²) in [6, 6.07) is 4.76. The van der Waals surface area contributed by atoms with Gasteiger partial charge in [-0.3, -0.25) is 4.79 Å². The van der Waals surface area contributed by atoms with E-state index in [-0.39, 0.29) is 22.9 Å². The monoisotopic (exact) mass is 254 g/mol. The van der Waals surface area contributed by atoms with Crippen LogP contribution in [0.25, 0.3) is 0 Å². The molecular formula is C12H18N2O2S. The average Bonchev–Trinajstić information content (AvgIpc) is 2.30. The highest BCUT2D eigenvalue weighted by Crippen LogP contribution is 2.24. The van der Waals surface area contributed by atoms with Crippen LogP contribution in [-0.2, 0) is 0 Å². The van der Waals surface area contributed by atoms with Gasteiger partial charge in [-0.05, 0) is 30.1 Å². The standard InChI is InChI=1S/C12H18N2O2S/c1-8(7-17-2)6-14-12(16)9-4-3-5-10(13)11(9)15/h3-5,8,15H,6-7,13H2,1-2H3,(H,14,16). The van der Waals surface area contributed by atoms with Gasteiger partial charge in [-0.15, -0.1) is 0 Å². The van der Waals surface area contributed by atoms with Crippen molar-refractivity contribution in [2.75, 3.05) is 24.3 Å². The number of hydrogen-bond donors (Lipinski definition) is 3. The summed E-state index contributed by atoms with van der Waals surface area (Å²) in [7, 11) is 0. The zero-order valence-corrected chi connectivity index (χ0v) is 10.9. The number of para-hydroxylation sites is 1. The number of nitrogen functional groups attached to an aromatic ring is 1. The fraction of sp³-hybridized carbons (Fsp3) is 0.417. The van der Waals surface area contributed by atoms with Crippen LogP contribution in [0.5, 0.6) is 5.75 Å². The van der Waals surface area contributed by atoms with Gasteiger partial charge in [0.2, 0.25) is 0 Å². The lowest BCUT2D eigenvalue weighted by Crippen LogP contribution is -2.29. The zero-order valence-electron chi connectivity index (χ0n) is 10.1. The SMILES string of the molecule is CSCC(C)CNC(=O)c1cccc(N)c1O. The van der Waals surface area contributed by atoms with Gasteiger partial charge in [0.25, 0.3) is 5.91 Å². The predicted octanol–water partition coefficient (Wildman–Crippen LogP) is 1.70. The summed E-state index contributed by atoms with van der Waals surface area (Å²) in [5, 5.41) is 12.4. The van der Waals surface area contributed by atoms with E-state index in [2.05, 4.69) is 12.2 Å². The predicted molar refractivity (Wildman–Crippen MR) is 72.4 cm³/mol. The molecule has 1 aromatic carbocycles. The van der Waals surface area contributed by atoms with Crippen molar-refractivity contribution in [3.8, 4) is 5.75 Å². The highest BCUT2D eigenvalue weighted by molar-refractivity contribution is 7.98. The largest absolute Gasteiger partial charge is 0.505 e. The first kappa shape index (κ1) is 13.7. The first-order valence-corrected chi connectivity index (χ1v) is 6.80. The van der Waals surface area contributed by atoms with Crippen LogP contribution in [0, 0.1) is 5.92 Å². The molecule has 5 heteroatoms. The van der Waals surface area contributed by atoms with Gasteiger partial charge in [0.1, 0.15) is 0 Å². The summed E-state index contributed by atoms with van der Waals surface area (Å²) < 4.78 is 0. The van der Waals surface area contributed by atoms with E-state index >= 15 is 0 Å². The number of carbonyl (C=O) groups is 1. The van der Waals surface area contributed by atoms with Gasteiger partial charge in [0.15, 0.2) is 5.75 Å². The molecule has 0 heterocycles. The first-order valence-electron chi connectivity index (χ1n) is 5.40. The van der Waals surface area contributed by atoms with E-state index in [9.17, 15) is 9.90 Å². The van der Waals surface area contributed by atoms with Crippen molar-refractivity contribution < 1.29 is 9.90 Å². The molecule has 0 fully saturated rings. The highest BCUT2D eigenvalue weighted by atomic mass is 32.2.